The molecule has 0 aliphatic carbocycles. The van der Waals surface area contributed by atoms with Crippen LogP contribution in [0.25, 0.3) is 0 Å². The number of nitrogens with zero attached hydrogens (tertiary/aromatic N) is 1. The quantitative estimate of drug-likeness (QED) is 0.605. The van der Waals surface area contributed by atoms with E-state index in [4.69, 9.17) is 9.47 Å². The number of halogens is 1. The van der Waals surface area contributed by atoms with Crippen LogP contribution >= 0.6 is 15.9 Å². The summed E-state index contributed by atoms with van der Waals surface area (Å²) in [6, 6.07) is 12.0. The van der Waals surface area contributed by atoms with E-state index in [9.17, 15) is 9.59 Å². The Morgan fingerprint density at radius 3 is 2.04 bits per heavy atom. The molecule has 0 unspecified atom stereocenters. The number of ether oxygens (including phenoxy) is 2. The minimum Gasteiger partial charge on any atom is -0.352 e. The van der Waals surface area contributed by atoms with E-state index in [1.165, 1.54) is 14.2 Å². The highest BCUT2D eigenvalue weighted by Crippen LogP contribution is 2.36. The lowest BCUT2D eigenvalue weighted by atomic mass is 10.1. The molecular formula is C17H14BrNO4. The van der Waals surface area contributed by atoms with Gasteiger partial charge in [-0.1, -0.05) is 28.1 Å². The van der Waals surface area contributed by atoms with Crippen LogP contribution < -0.4 is 4.90 Å². The minimum atomic E-state index is -0.688. The lowest BCUT2D eigenvalue weighted by Crippen LogP contribution is -2.31. The van der Waals surface area contributed by atoms with Gasteiger partial charge < -0.3 is 9.47 Å². The zero-order valence-electron chi connectivity index (χ0n) is 12.6. The second-order valence-corrected chi connectivity index (χ2v) is 5.91. The van der Waals surface area contributed by atoms with Gasteiger partial charge in [-0.15, -0.1) is 0 Å². The molecule has 0 fully saturated rings. The van der Waals surface area contributed by atoms with Gasteiger partial charge in [0.2, 0.25) is 0 Å². The van der Waals surface area contributed by atoms with Crippen molar-refractivity contribution in [1.82, 2.24) is 0 Å². The Morgan fingerprint density at radius 2 is 1.52 bits per heavy atom. The molecule has 0 aromatic heterocycles. The molecule has 0 N–H and O–H groups in total. The van der Waals surface area contributed by atoms with Crippen molar-refractivity contribution in [2.75, 3.05) is 19.1 Å². The van der Waals surface area contributed by atoms with Gasteiger partial charge in [0.25, 0.3) is 11.8 Å². The SMILES string of the molecule is COC(OC)c1cc(Br)ccc1N1C(=O)c2ccccc2C1=O. The first-order chi connectivity index (χ1) is 11.1. The molecule has 1 aliphatic rings. The average molecular weight is 376 g/mol. The van der Waals surface area contributed by atoms with Crippen LogP contribution in [-0.4, -0.2) is 26.0 Å². The molecule has 0 spiro atoms. The molecule has 0 saturated carbocycles. The van der Waals surface area contributed by atoms with Crippen molar-refractivity contribution in [3.8, 4) is 0 Å². The van der Waals surface area contributed by atoms with E-state index in [1.54, 1.807) is 42.5 Å². The summed E-state index contributed by atoms with van der Waals surface area (Å²) in [4.78, 5) is 26.5. The smallest absolute Gasteiger partial charge is 0.266 e. The number of carbonyl (C=O) groups excluding carboxylic acids is 2. The molecule has 1 heterocycles. The molecule has 0 atom stereocenters. The number of methoxy groups -OCH3 is 2. The van der Waals surface area contributed by atoms with Crippen LogP contribution in [0.2, 0.25) is 0 Å². The summed E-state index contributed by atoms with van der Waals surface area (Å²) in [5, 5.41) is 0. The van der Waals surface area contributed by atoms with E-state index in [0.717, 1.165) is 9.37 Å². The molecule has 2 amide bonds. The van der Waals surface area contributed by atoms with Crippen LogP contribution in [0.5, 0.6) is 0 Å². The predicted octanol–water partition coefficient (Wildman–Crippen LogP) is 3.54. The molecule has 5 nitrogen and oxygen atoms in total. The first-order valence-electron chi connectivity index (χ1n) is 6.91. The lowest BCUT2D eigenvalue weighted by molar-refractivity contribution is -0.105. The third-order valence-electron chi connectivity index (χ3n) is 3.71. The summed E-state index contributed by atoms with van der Waals surface area (Å²) in [6.07, 6.45) is -0.688. The topological polar surface area (TPSA) is 55.8 Å². The maximum absolute atomic E-state index is 12.7. The molecule has 1 aliphatic heterocycles. The predicted molar refractivity (Wildman–Crippen MR) is 88.5 cm³/mol. The van der Waals surface area contributed by atoms with Gasteiger partial charge in [0.1, 0.15) is 0 Å². The van der Waals surface area contributed by atoms with Crippen molar-refractivity contribution in [1.29, 1.82) is 0 Å². The Balaban J connectivity index is 2.14. The summed E-state index contributed by atoms with van der Waals surface area (Å²) in [7, 11) is 3.00. The van der Waals surface area contributed by atoms with Gasteiger partial charge in [0.05, 0.1) is 16.8 Å². The van der Waals surface area contributed by atoms with E-state index < -0.39 is 6.29 Å². The van der Waals surface area contributed by atoms with Crippen LogP contribution in [0, 0.1) is 0 Å². The van der Waals surface area contributed by atoms with Crippen molar-refractivity contribution >= 4 is 33.4 Å². The molecule has 0 radical (unpaired) electrons. The molecule has 2 aromatic carbocycles. The third kappa shape index (κ3) is 2.59. The van der Waals surface area contributed by atoms with Crippen molar-refractivity contribution in [3.05, 3.63) is 63.6 Å². The van der Waals surface area contributed by atoms with Crippen LogP contribution in [0.15, 0.2) is 46.9 Å². The zero-order chi connectivity index (χ0) is 16.6. The highest BCUT2D eigenvalue weighted by Gasteiger charge is 2.38. The third-order valence-corrected chi connectivity index (χ3v) is 4.20. The monoisotopic (exact) mass is 375 g/mol. The number of imide groups is 1. The van der Waals surface area contributed by atoms with E-state index in [1.807, 2.05) is 0 Å². The lowest BCUT2D eigenvalue weighted by Gasteiger charge is -2.22. The Bertz CT molecular complexity index is 751. The van der Waals surface area contributed by atoms with Gasteiger partial charge in [0.15, 0.2) is 6.29 Å². The standard InChI is InChI=1S/C17H14BrNO4/c1-22-17(23-2)13-9-10(18)7-8-14(13)19-15(20)11-5-3-4-6-12(11)16(19)21/h3-9,17H,1-2H3. The summed E-state index contributed by atoms with van der Waals surface area (Å²) >= 11 is 3.39. The van der Waals surface area contributed by atoms with Gasteiger partial charge in [-0.2, -0.15) is 0 Å². The van der Waals surface area contributed by atoms with E-state index in [2.05, 4.69) is 15.9 Å². The molecule has 3 rings (SSSR count). The maximum Gasteiger partial charge on any atom is 0.266 e. The van der Waals surface area contributed by atoms with Crippen molar-refractivity contribution in [3.63, 3.8) is 0 Å². The molecule has 2 aromatic rings. The molecule has 0 bridgehead atoms. The van der Waals surface area contributed by atoms with Gasteiger partial charge in [0, 0.05) is 24.3 Å². The van der Waals surface area contributed by atoms with Gasteiger partial charge in [-0.3, -0.25) is 9.59 Å². The number of hydrogen-bond donors (Lipinski definition) is 0. The molecular weight excluding hydrogens is 362 g/mol. The van der Waals surface area contributed by atoms with Crippen LogP contribution in [0.4, 0.5) is 5.69 Å². The minimum absolute atomic E-state index is 0.347. The number of benzene rings is 2. The fourth-order valence-electron chi connectivity index (χ4n) is 2.68. The maximum atomic E-state index is 12.7. The van der Waals surface area contributed by atoms with Crippen molar-refractivity contribution < 1.29 is 19.1 Å². The summed E-state index contributed by atoms with van der Waals surface area (Å²) in [5.74, 6) is -0.694. The highest BCUT2D eigenvalue weighted by atomic mass is 79.9. The Morgan fingerprint density at radius 1 is 0.957 bits per heavy atom. The van der Waals surface area contributed by atoms with Crippen LogP contribution in [-0.2, 0) is 9.47 Å². The first-order valence-corrected chi connectivity index (χ1v) is 7.70. The fraction of sp³-hybridized carbons (Fsp3) is 0.176. The summed E-state index contributed by atoms with van der Waals surface area (Å²) in [6.45, 7) is 0. The van der Waals surface area contributed by atoms with Gasteiger partial charge >= 0.3 is 0 Å². The first kappa shape index (κ1) is 15.9. The number of fused-ring (bicyclic) bond motifs is 1. The van der Waals surface area contributed by atoms with Crippen molar-refractivity contribution in [2.45, 2.75) is 6.29 Å². The summed E-state index contributed by atoms with van der Waals surface area (Å²) in [5.41, 5.74) is 1.85. The molecule has 0 saturated heterocycles. The molecule has 6 heteroatoms. The van der Waals surface area contributed by atoms with Gasteiger partial charge in [-0.05, 0) is 30.3 Å². The Hall–Kier alpha value is -2.02. The van der Waals surface area contributed by atoms with E-state index in [0.29, 0.717) is 22.4 Å². The second kappa shape index (κ2) is 6.23. The zero-order valence-corrected chi connectivity index (χ0v) is 14.2. The molecule has 23 heavy (non-hydrogen) atoms. The largest absolute Gasteiger partial charge is 0.352 e. The Kier molecular flexibility index (Phi) is 4.30. The van der Waals surface area contributed by atoms with Gasteiger partial charge in [-0.25, -0.2) is 4.90 Å². The Labute approximate surface area is 141 Å². The summed E-state index contributed by atoms with van der Waals surface area (Å²) < 4.78 is 11.4. The number of rotatable bonds is 4. The number of anilines is 1. The van der Waals surface area contributed by atoms with Crippen LogP contribution in [0.3, 0.4) is 0 Å². The number of carbonyl (C=O) groups is 2. The second-order valence-electron chi connectivity index (χ2n) is 5.00. The molecule has 118 valence electrons. The van der Waals surface area contributed by atoms with E-state index in [-0.39, 0.29) is 11.8 Å². The van der Waals surface area contributed by atoms with E-state index >= 15 is 0 Å². The normalized spacial score (nSPS) is 13.8. The average Bonchev–Trinajstić information content (AvgIpc) is 2.81. The number of amides is 2. The number of hydrogen-bond acceptors (Lipinski definition) is 4. The van der Waals surface area contributed by atoms with Crippen molar-refractivity contribution in [2.24, 2.45) is 0 Å². The fourth-order valence-corrected chi connectivity index (χ4v) is 3.05. The highest BCUT2D eigenvalue weighted by molar-refractivity contribution is 9.10. The van der Waals surface area contributed by atoms with Crippen LogP contribution in [0.1, 0.15) is 32.6 Å².